The zero-order chi connectivity index (χ0) is 21.1. The number of hydrogen-bond donors (Lipinski definition) is 0. The largest absolute Gasteiger partial charge is 0.493 e. The summed E-state index contributed by atoms with van der Waals surface area (Å²) in [6.45, 7) is 1.36. The predicted molar refractivity (Wildman–Crippen MR) is 110 cm³/mol. The molecule has 2 aromatic heterocycles. The molecule has 0 atom stereocenters. The van der Waals surface area contributed by atoms with E-state index in [0.717, 1.165) is 23.4 Å². The molecule has 1 aliphatic rings. The van der Waals surface area contributed by atoms with Gasteiger partial charge in [0.25, 0.3) is 5.91 Å². The van der Waals surface area contributed by atoms with Crippen molar-refractivity contribution in [3.05, 3.63) is 65.1 Å². The number of hydrogen-bond acceptors (Lipinski definition) is 6. The number of nitrogens with zero attached hydrogens (tertiary/aromatic N) is 4. The van der Waals surface area contributed by atoms with Crippen molar-refractivity contribution in [3.63, 3.8) is 0 Å². The molecule has 0 aliphatic carbocycles. The van der Waals surface area contributed by atoms with Gasteiger partial charge in [-0.2, -0.15) is 5.10 Å². The van der Waals surface area contributed by atoms with E-state index in [1.165, 1.54) is 7.11 Å². The summed E-state index contributed by atoms with van der Waals surface area (Å²) in [5, 5.41) is 4.62. The van der Waals surface area contributed by atoms with E-state index in [1.807, 2.05) is 28.8 Å². The fourth-order valence-corrected chi connectivity index (χ4v) is 3.76. The van der Waals surface area contributed by atoms with Crippen LogP contribution in [0.5, 0.6) is 17.4 Å². The molecule has 0 bridgehead atoms. The van der Waals surface area contributed by atoms with E-state index >= 15 is 0 Å². The van der Waals surface area contributed by atoms with Crippen LogP contribution in [0.25, 0.3) is 0 Å². The molecule has 0 fully saturated rings. The van der Waals surface area contributed by atoms with E-state index in [0.29, 0.717) is 42.6 Å². The number of amides is 1. The SMILES string of the molecule is COc1cccc(C(=O)N2CCc3c(c(COc4ccccn4)nn3C)C2)c1OC. The number of rotatable bonds is 6. The molecule has 3 aromatic rings. The van der Waals surface area contributed by atoms with Crippen molar-refractivity contribution in [1.82, 2.24) is 19.7 Å². The normalized spacial score (nSPS) is 13.0. The highest BCUT2D eigenvalue weighted by Crippen LogP contribution is 2.33. The van der Waals surface area contributed by atoms with Crippen molar-refractivity contribution < 1.29 is 19.0 Å². The van der Waals surface area contributed by atoms with Crippen molar-refractivity contribution in [3.8, 4) is 17.4 Å². The second-order valence-corrected chi connectivity index (χ2v) is 6.97. The van der Waals surface area contributed by atoms with Gasteiger partial charge in [-0.3, -0.25) is 9.48 Å². The van der Waals surface area contributed by atoms with Gasteiger partial charge in [-0.05, 0) is 18.2 Å². The van der Waals surface area contributed by atoms with Gasteiger partial charge >= 0.3 is 0 Å². The lowest BCUT2D eigenvalue weighted by molar-refractivity contribution is 0.0728. The van der Waals surface area contributed by atoms with E-state index in [2.05, 4.69) is 10.1 Å². The van der Waals surface area contributed by atoms with Crippen molar-refractivity contribution in [2.45, 2.75) is 19.6 Å². The van der Waals surface area contributed by atoms with E-state index < -0.39 is 0 Å². The van der Waals surface area contributed by atoms with Gasteiger partial charge in [0.15, 0.2) is 11.5 Å². The van der Waals surface area contributed by atoms with Crippen molar-refractivity contribution in [1.29, 1.82) is 0 Å². The molecule has 30 heavy (non-hydrogen) atoms. The van der Waals surface area contributed by atoms with Crippen LogP contribution in [0.15, 0.2) is 42.6 Å². The van der Waals surface area contributed by atoms with Crippen LogP contribution in [0.1, 0.15) is 27.3 Å². The average Bonchev–Trinajstić information content (AvgIpc) is 3.12. The van der Waals surface area contributed by atoms with Crippen molar-refractivity contribution in [2.24, 2.45) is 7.05 Å². The minimum Gasteiger partial charge on any atom is -0.493 e. The van der Waals surface area contributed by atoms with Crippen LogP contribution in [-0.2, 0) is 26.6 Å². The molecule has 8 nitrogen and oxygen atoms in total. The van der Waals surface area contributed by atoms with Gasteiger partial charge in [0.1, 0.15) is 12.3 Å². The second kappa shape index (κ2) is 8.44. The highest BCUT2D eigenvalue weighted by atomic mass is 16.5. The Bertz CT molecular complexity index is 1050. The summed E-state index contributed by atoms with van der Waals surface area (Å²) in [6, 6.07) is 10.8. The molecular formula is C22H24N4O4. The molecule has 0 spiro atoms. The van der Waals surface area contributed by atoms with Crippen LogP contribution in [0, 0.1) is 0 Å². The van der Waals surface area contributed by atoms with Crippen LogP contribution in [0.2, 0.25) is 0 Å². The standard InChI is InChI=1S/C22H24N4O4/c1-25-18-10-12-26(22(27)15-7-6-8-19(28-2)21(15)29-3)13-16(18)17(24-25)14-30-20-9-4-5-11-23-20/h4-9,11H,10,12-14H2,1-3H3. The van der Waals surface area contributed by atoms with Gasteiger partial charge in [-0.1, -0.05) is 12.1 Å². The molecule has 1 amide bonds. The molecule has 1 aromatic carbocycles. The Morgan fingerprint density at radius 1 is 1.13 bits per heavy atom. The minimum absolute atomic E-state index is 0.100. The lowest BCUT2D eigenvalue weighted by Crippen LogP contribution is -2.36. The number of aryl methyl sites for hydroxylation is 1. The molecule has 0 N–H and O–H groups in total. The Labute approximate surface area is 175 Å². The highest BCUT2D eigenvalue weighted by Gasteiger charge is 2.29. The number of aromatic nitrogens is 3. The third-order valence-electron chi connectivity index (χ3n) is 5.24. The van der Waals surface area contributed by atoms with Crippen LogP contribution in [0.3, 0.4) is 0 Å². The molecule has 0 saturated heterocycles. The van der Waals surface area contributed by atoms with Crippen LogP contribution < -0.4 is 14.2 Å². The number of ether oxygens (including phenoxy) is 3. The average molecular weight is 408 g/mol. The van der Waals surface area contributed by atoms with E-state index in [9.17, 15) is 4.79 Å². The minimum atomic E-state index is -0.100. The third kappa shape index (κ3) is 3.68. The molecular weight excluding hydrogens is 384 g/mol. The summed E-state index contributed by atoms with van der Waals surface area (Å²) in [6.07, 6.45) is 2.41. The van der Waals surface area contributed by atoms with Crippen molar-refractivity contribution >= 4 is 5.91 Å². The zero-order valence-electron chi connectivity index (χ0n) is 17.3. The monoisotopic (exact) mass is 408 g/mol. The van der Waals surface area contributed by atoms with Gasteiger partial charge in [0, 0.05) is 50.1 Å². The van der Waals surface area contributed by atoms with Gasteiger partial charge in [0.2, 0.25) is 5.88 Å². The summed E-state index contributed by atoms with van der Waals surface area (Å²) < 4.78 is 18.5. The Balaban J connectivity index is 1.57. The van der Waals surface area contributed by atoms with E-state index in [-0.39, 0.29) is 5.91 Å². The number of carbonyl (C=O) groups is 1. The summed E-state index contributed by atoms with van der Waals surface area (Å²) in [7, 11) is 5.02. The lowest BCUT2D eigenvalue weighted by Gasteiger charge is -2.28. The topological polar surface area (TPSA) is 78.7 Å². The van der Waals surface area contributed by atoms with Gasteiger partial charge in [0.05, 0.1) is 19.8 Å². The number of para-hydroxylation sites is 1. The highest BCUT2D eigenvalue weighted by molar-refractivity contribution is 5.98. The maximum atomic E-state index is 13.3. The number of carbonyl (C=O) groups excluding carboxylic acids is 1. The summed E-state index contributed by atoms with van der Waals surface area (Å²) >= 11 is 0. The summed E-state index contributed by atoms with van der Waals surface area (Å²) in [5.74, 6) is 1.42. The lowest BCUT2D eigenvalue weighted by atomic mass is 10.0. The predicted octanol–water partition coefficient (Wildman–Crippen LogP) is 2.61. The Hall–Kier alpha value is -3.55. The first-order chi connectivity index (χ1) is 14.6. The fourth-order valence-electron chi connectivity index (χ4n) is 3.76. The summed E-state index contributed by atoms with van der Waals surface area (Å²) in [5.41, 5.74) is 3.44. The van der Waals surface area contributed by atoms with E-state index in [1.54, 1.807) is 37.6 Å². The Kier molecular flexibility index (Phi) is 5.56. The van der Waals surface area contributed by atoms with Crippen LogP contribution in [0.4, 0.5) is 0 Å². The first-order valence-electron chi connectivity index (χ1n) is 9.70. The molecule has 0 unspecified atom stereocenters. The molecule has 0 radical (unpaired) electrons. The molecule has 0 saturated carbocycles. The van der Waals surface area contributed by atoms with Gasteiger partial charge in [-0.25, -0.2) is 4.98 Å². The van der Waals surface area contributed by atoms with Gasteiger partial charge in [-0.15, -0.1) is 0 Å². The molecule has 4 rings (SSSR count). The maximum Gasteiger partial charge on any atom is 0.258 e. The van der Waals surface area contributed by atoms with Crippen LogP contribution >= 0.6 is 0 Å². The Morgan fingerprint density at radius 2 is 2.00 bits per heavy atom. The number of pyridine rings is 1. The first kappa shape index (κ1) is 19.8. The van der Waals surface area contributed by atoms with Crippen molar-refractivity contribution in [2.75, 3.05) is 20.8 Å². The molecule has 3 heterocycles. The zero-order valence-corrected chi connectivity index (χ0v) is 17.3. The number of fused-ring (bicyclic) bond motifs is 1. The molecule has 8 heteroatoms. The van der Waals surface area contributed by atoms with Gasteiger partial charge < -0.3 is 19.1 Å². The van der Waals surface area contributed by atoms with E-state index in [4.69, 9.17) is 14.2 Å². The number of benzene rings is 1. The number of methoxy groups -OCH3 is 2. The maximum absolute atomic E-state index is 13.3. The molecule has 1 aliphatic heterocycles. The quantitative estimate of drug-likeness (QED) is 0.624. The Morgan fingerprint density at radius 3 is 2.73 bits per heavy atom. The third-order valence-corrected chi connectivity index (χ3v) is 5.24. The smallest absolute Gasteiger partial charge is 0.258 e. The fraction of sp³-hybridized carbons (Fsp3) is 0.318. The molecule has 156 valence electrons. The first-order valence-corrected chi connectivity index (χ1v) is 9.70. The summed E-state index contributed by atoms with van der Waals surface area (Å²) in [4.78, 5) is 19.3. The van der Waals surface area contributed by atoms with Crippen LogP contribution in [-0.4, -0.2) is 46.3 Å². The second-order valence-electron chi connectivity index (χ2n) is 6.97.